The minimum absolute atomic E-state index is 0.439. The molecule has 0 aliphatic carbocycles. The monoisotopic (exact) mass is 273 g/mol. The summed E-state index contributed by atoms with van der Waals surface area (Å²) < 4.78 is 5.30. The lowest BCUT2D eigenvalue weighted by atomic mass is 10.0. The minimum atomic E-state index is 0.439. The third-order valence-electron chi connectivity index (χ3n) is 3.82. The first-order valence-electron chi connectivity index (χ1n) is 7.23. The molecule has 2 aromatic rings. The molecule has 0 spiro atoms. The van der Waals surface area contributed by atoms with Crippen molar-refractivity contribution in [2.45, 2.75) is 46.7 Å². The lowest BCUT2D eigenvalue weighted by molar-refractivity contribution is 0.333. The van der Waals surface area contributed by atoms with Gasteiger partial charge in [0.15, 0.2) is 0 Å². The van der Waals surface area contributed by atoms with Gasteiger partial charge in [0.1, 0.15) is 0 Å². The third-order valence-corrected chi connectivity index (χ3v) is 3.82. The van der Waals surface area contributed by atoms with Crippen LogP contribution in [0.1, 0.15) is 38.6 Å². The Balaban J connectivity index is 1.99. The molecule has 2 rings (SSSR count). The van der Waals surface area contributed by atoms with Gasteiger partial charge < -0.3 is 9.84 Å². The summed E-state index contributed by atoms with van der Waals surface area (Å²) in [5.74, 6) is 1.92. The number of nitrogens with one attached hydrogen (secondary N) is 1. The number of hydrogen-bond donors (Lipinski definition) is 1. The normalized spacial score (nSPS) is 14.2. The Morgan fingerprint density at radius 1 is 1.30 bits per heavy atom. The minimum Gasteiger partial charge on any atom is -0.338 e. The van der Waals surface area contributed by atoms with E-state index in [1.165, 1.54) is 5.56 Å². The van der Waals surface area contributed by atoms with E-state index in [-0.39, 0.29) is 0 Å². The Morgan fingerprint density at radius 2 is 2.10 bits per heavy atom. The van der Waals surface area contributed by atoms with Crippen LogP contribution in [0.2, 0.25) is 0 Å². The summed E-state index contributed by atoms with van der Waals surface area (Å²) in [4.78, 5) is 4.44. The van der Waals surface area contributed by atoms with Crippen LogP contribution in [0.25, 0.3) is 11.4 Å². The van der Waals surface area contributed by atoms with Crippen LogP contribution in [-0.2, 0) is 6.54 Å². The summed E-state index contributed by atoms with van der Waals surface area (Å²) >= 11 is 0. The highest BCUT2D eigenvalue weighted by atomic mass is 16.5. The fraction of sp³-hybridized carbons (Fsp3) is 0.500. The highest BCUT2D eigenvalue weighted by Gasteiger charge is 2.12. The zero-order chi connectivity index (χ0) is 14.5. The second kappa shape index (κ2) is 6.66. The van der Waals surface area contributed by atoms with Crippen LogP contribution in [0.4, 0.5) is 0 Å². The van der Waals surface area contributed by atoms with Crippen LogP contribution >= 0.6 is 0 Å². The smallest absolute Gasteiger partial charge is 0.240 e. The topological polar surface area (TPSA) is 51.0 Å². The van der Waals surface area contributed by atoms with Crippen LogP contribution in [-0.4, -0.2) is 16.2 Å². The molecule has 0 radical (unpaired) electrons. The van der Waals surface area contributed by atoms with Gasteiger partial charge in [0.2, 0.25) is 11.7 Å². The lowest BCUT2D eigenvalue weighted by Gasteiger charge is -2.18. The number of aromatic nitrogens is 2. The van der Waals surface area contributed by atoms with Crippen LogP contribution in [0.3, 0.4) is 0 Å². The predicted octanol–water partition coefficient (Wildman–Crippen LogP) is 3.57. The highest BCUT2D eigenvalue weighted by Crippen LogP contribution is 2.17. The van der Waals surface area contributed by atoms with E-state index in [0.29, 0.717) is 30.2 Å². The maximum atomic E-state index is 5.30. The first-order valence-corrected chi connectivity index (χ1v) is 7.23. The average Bonchev–Trinajstić information content (AvgIpc) is 2.92. The van der Waals surface area contributed by atoms with E-state index in [0.717, 1.165) is 12.0 Å². The standard InChI is InChI=1S/C16H23N3O/c1-5-12(3)13(4)17-10-15-18-16(19-20-15)14-8-6-7-11(2)9-14/h6-9,12-13,17H,5,10H2,1-4H3/t12-,13-/m1/s1. The Morgan fingerprint density at radius 3 is 2.80 bits per heavy atom. The second-order valence-corrected chi connectivity index (χ2v) is 5.44. The molecule has 0 amide bonds. The summed E-state index contributed by atoms with van der Waals surface area (Å²) in [5, 5.41) is 7.47. The van der Waals surface area contributed by atoms with Gasteiger partial charge in [-0.1, -0.05) is 49.2 Å². The molecule has 1 aromatic heterocycles. The summed E-state index contributed by atoms with van der Waals surface area (Å²) in [6, 6.07) is 8.55. The van der Waals surface area contributed by atoms with Crippen molar-refractivity contribution in [1.82, 2.24) is 15.5 Å². The van der Waals surface area contributed by atoms with Crippen molar-refractivity contribution < 1.29 is 4.52 Å². The van der Waals surface area contributed by atoms with E-state index >= 15 is 0 Å². The van der Waals surface area contributed by atoms with Crippen LogP contribution in [0, 0.1) is 12.8 Å². The Bertz CT molecular complexity index is 550. The van der Waals surface area contributed by atoms with Gasteiger partial charge in [-0.3, -0.25) is 0 Å². The van der Waals surface area contributed by atoms with Gasteiger partial charge in [-0.25, -0.2) is 0 Å². The van der Waals surface area contributed by atoms with Crippen molar-refractivity contribution in [3.05, 3.63) is 35.7 Å². The SMILES string of the molecule is CC[C@@H](C)[C@@H](C)NCc1nc(-c2cccc(C)c2)no1. The fourth-order valence-electron chi connectivity index (χ4n) is 2.03. The molecule has 0 saturated heterocycles. The van der Waals surface area contributed by atoms with Crippen molar-refractivity contribution in [2.24, 2.45) is 5.92 Å². The molecule has 2 atom stereocenters. The largest absolute Gasteiger partial charge is 0.338 e. The maximum absolute atomic E-state index is 5.30. The van der Waals surface area contributed by atoms with Crippen molar-refractivity contribution in [1.29, 1.82) is 0 Å². The second-order valence-electron chi connectivity index (χ2n) is 5.44. The van der Waals surface area contributed by atoms with Crippen molar-refractivity contribution >= 4 is 0 Å². The molecule has 0 bridgehead atoms. The molecule has 1 aromatic carbocycles. The van der Waals surface area contributed by atoms with Crippen molar-refractivity contribution in [3.8, 4) is 11.4 Å². The van der Waals surface area contributed by atoms with E-state index in [4.69, 9.17) is 4.52 Å². The third kappa shape index (κ3) is 3.67. The summed E-state index contributed by atoms with van der Waals surface area (Å²) in [6.45, 7) is 9.30. The average molecular weight is 273 g/mol. The van der Waals surface area contributed by atoms with E-state index in [1.54, 1.807) is 0 Å². The molecule has 4 nitrogen and oxygen atoms in total. The number of benzene rings is 1. The van der Waals surface area contributed by atoms with Gasteiger partial charge in [0, 0.05) is 11.6 Å². The number of nitrogens with zero attached hydrogens (tertiary/aromatic N) is 2. The Labute approximate surface area is 120 Å². The van der Waals surface area contributed by atoms with E-state index in [1.807, 2.05) is 12.1 Å². The fourth-order valence-corrected chi connectivity index (χ4v) is 2.03. The van der Waals surface area contributed by atoms with Gasteiger partial charge in [0.25, 0.3) is 0 Å². The lowest BCUT2D eigenvalue weighted by Crippen LogP contribution is -2.31. The van der Waals surface area contributed by atoms with Crippen molar-refractivity contribution in [2.75, 3.05) is 0 Å². The van der Waals surface area contributed by atoms with Gasteiger partial charge in [0.05, 0.1) is 6.54 Å². The van der Waals surface area contributed by atoms with Crippen LogP contribution < -0.4 is 5.32 Å². The summed E-state index contributed by atoms with van der Waals surface area (Å²) in [5.41, 5.74) is 2.19. The molecule has 0 fully saturated rings. The van der Waals surface area contributed by atoms with E-state index in [9.17, 15) is 0 Å². The maximum Gasteiger partial charge on any atom is 0.240 e. The Kier molecular flexibility index (Phi) is 4.90. The molecule has 4 heteroatoms. The number of hydrogen-bond acceptors (Lipinski definition) is 4. The van der Waals surface area contributed by atoms with Crippen LogP contribution in [0.5, 0.6) is 0 Å². The molecule has 20 heavy (non-hydrogen) atoms. The molecule has 0 aliphatic heterocycles. The summed E-state index contributed by atoms with van der Waals surface area (Å²) in [7, 11) is 0. The zero-order valence-corrected chi connectivity index (χ0v) is 12.7. The van der Waals surface area contributed by atoms with Gasteiger partial charge in [-0.05, 0) is 25.8 Å². The zero-order valence-electron chi connectivity index (χ0n) is 12.7. The number of aryl methyl sites for hydroxylation is 1. The van der Waals surface area contributed by atoms with Gasteiger partial charge >= 0.3 is 0 Å². The molecule has 1 heterocycles. The van der Waals surface area contributed by atoms with Crippen molar-refractivity contribution in [3.63, 3.8) is 0 Å². The van der Waals surface area contributed by atoms with Gasteiger partial charge in [-0.15, -0.1) is 0 Å². The molecule has 1 N–H and O–H groups in total. The first-order chi connectivity index (χ1) is 9.60. The molecule has 0 saturated carbocycles. The molecule has 108 valence electrons. The van der Waals surface area contributed by atoms with E-state index in [2.05, 4.69) is 55.3 Å². The molecular formula is C16H23N3O. The Hall–Kier alpha value is -1.68. The molecule has 0 unspecified atom stereocenters. The molecular weight excluding hydrogens is 250 g/mol. The molecule has 0 aliphatic rings. The highest BCUT2D eigenvalue weighted by molar-refractivity contribution is 5.55. The first kappa shape index (κ1) is 14.7. The van der Waals surface area contributed by atoms with E-state index < -0.39 is 0 Å². The van der Waals surface area contributed by atoms with Gasteiger partial charge in [-0.2, -0.15) is 4.98 Å². The van der Waals surface area contributed by atoms with Crippen LogP contribution in [0.15, 0.2) is 28.8 Å². The predicted molar refractivity (Wildman–Crippen MR) is 80.2 cm³/mol. The quantitative estimate of drug-likeness (QED) is 0.874. The summed E-state index contributed by atoms with van der Waals surface area (Å²) in [6.07, 6.45) is 1.16. The number of rotatable bonds is 6.